The van der Waals surface area contributed by atoms with Crippen LogP contribution in [0.5, 0.6) is 0 Å². The zero-order valence-corrected chi connectivity index (χ0v) is 16.2. The van der Waals surface area contributed by atoms with E-state index in [0.29, 0.717) is 32.5 Å². The van der Waals surface area contributed by atoms with E-state index in [9.17, 15) is 18.0 Å². The van der Waals surface area contributed by atoms with Crippen molar-refractivity contribution in [1.82, 2.24) is 9.62 Å². The second-order valence-corrected chi connectivity index (χ2v) is 8.21. The molecule has 1 aliphatic heterocycles. The number of hydrogen-bond donors (Lipinski definition) is 2. The first-order valence-electron chi connectivity index (χ1n) is 7.55. The molecule has 1 fully saturated rings. The molecular formula is C14H22ClN3O5S2. The third-order valence-electron chi connectivity index (χ3n) is 3.82. The van der Waals surface area contributed by atoms with Gasteiger partial charge in [-0.05, 0) is 24.3 Å². The fourth-order valence-electron chi connectivity index (χ4n) is 2.60. The molecule has 1 saturated heterocycles. The van der Waals surface area contributed by atoms with Crippen LogP contribution in [0.3, 0.4) is 0 Å². The Hall–Kier alpha value is -1.20. The van der Waals surface area contributed by atoms with Crippen LogP contribution in [0.25, 0.3) is 0 Å². The van der Waals surface area contributed by atoms with Gasteiger partial charge in [0, 0.05) is 26.2 Å². The molecule has 0 radical (unpaired) electrons. The lowest BCUT2D eigenvalue weighted by molar-refractivity contribution is -0.126. The van der Waals surface area contributed by atoms with Gasteiger partial charge in [-0.15, -0.1) is 23.7 Å². The van der Waals surface area contributed by atoms with E-state index >= 15 is 0 Å². The molecule has 1 atom stereocenters. The van der Waals surface area contributed by atoms with Crippen molar-refractivity contribution in [3.8, 4) is 0 Å². The Morgan fingerprint density at radius 2 is 2.20 bits per heavy atom. The van der Waals surface area contributed by atoms with Gasteiger partial charge in [0.2, 0.25) is 15.9 Å². The number of hydrogen-bond acceptors (Lipinski definition) is 7. The SMILES string of the molecule is COC(=O)c1sccc1S(=O)(=O)N1CCCC(C(=O)NCCN)C1.Cl. The van der Waals surface area contributed by atoms with E-state index < -0.39 is 21.9 Å². The van der Waals surface area contributed by atoms with Gasteiger partial charge in [0.1, 0.15) is 9.77 Å². The molecule has 1 amide bonds. The second-order valence-electron chi connectivity index (χ2n) is 5.39. The molecule has 3 N–H and O–H groups in total. The molecule has 0 aromatic carbocycles. The largest absolute Gasteiger partial charge is 0.465 e. The van der Waals surface area contributed by atoms with Crippen molar-refractivity contribution in [1.29, 1.82) is 0 Å². The van der Waals surface area contributed by atoms with E-state index in [1.807, 2.05) is 0 Å². The lowest BCUT2D eigenvalue weighted by Crippen LogP contribution is -2.46. The monoisotopic (exact) mass is 411 g/mol. The minimum absolute atomic E-state index is 0. The van der Waals surface area contributed by atoms with Crippen LogP contribution in [-0.4, -0.2) is 57.9 Å². The van der Waals surface area contributed by atoms with Gasteiger partial charge in [-0.1, -0.05) is 0 Å². The number of ether oxygens (including phenoxy) is 1. The zero-order chi connectivity index (χ0) is 17.7. The average Bonchev–Trinajstić information content (AvgIpc) is 3.09. The first-order chi connectivity index (χ1) is 11.4. The predicted molar refractivity (Wildman–Crippen MR) is 96.5 cm³/mol. The quantitative estimate of drug-likeness (QED) is 0.655. The van der Waals surface area contributed by atoms with Gasteiger partial charge >= 0.3 is 5.97 Å². The molecule has 0 spiro atoms. The van der Waals surface area contributed by atoms with Gasteiger partial charge in [0.05, 0.1) is 13.0 Å². The maximum absolute atomic E-state index is 12.8. The number of nitrogens with one attached hydrogen (secondary N) is 1. The number of piperidine rings is 1. The van der Waals surface area contributed by atoms with E-state index in [4.69, 9.17) is 5.73 Å². The van der Waals surface area contributed by atoms with Crippen molar-refractivity contribution < 1.29 is 22.7 Å². The minimum Gasteiger partial charge on any atom is -0.465 e. The molecule has 8 nitrogen and oxygen atoms in total. The van der Waals surface area contributed by atoms with Crippen LogP contribution in [0, 0.1) is 5.92 Å². The normalized spacial score (nSPS) is 18.2. The molecule has 142 valence electrons. The first kappa shape index (κ1) is 21.8. The number of nitrogens with two attached hydrogens (primary N) is 1. The number of nitrogens with zero attached hydrogens (tertiary/aromatic N) is 1. The van der Waals surface area contributed by atoms with E-state index in [2.05, 4.69) is 10.1 Å². The van der Waals surface area contributed by atoms with Crippen LogP contribution in [-0.2, 0) is 19.6 Å². The van der Waals surface area contributed by atoms with Crippen molar-refractivity contribution in [2.75, 3.05) is 33.3 Å². The number of amides is 1. The molecule has 1 aromatic rings. The summed E-state index contributed by atoms with van der Waals surface area (Å²) in [6, 6.07) is 1.39. The number of rotatable bonds is 6. The van der Waals surface area contributed by atoms with E-state index in [1.54, 1.807) is 0 Å². The highest BCUT2D eigenvalue weighted by Gasteiger charge is 2.35. The maximum Gasteiger partial charge on any atom is 0.349 e. The molecule has 2 rings (SSSR count). The Morgan fingerprint density at radius 3 is 2.84 bits per heavy atom. The Kier molecular flexibility index (Phi) is 8.29. The first-order valence-corrected chi connectivity index (χ1v) is 9.87. The Labute approximate surface area is 157 Å². The highest BCUT2D eigenvalue weighted by molar-refractivity contribution is 7.89. The summed E-state index contributed by atoms with van der Waals surface area (Å²) in [5, 5.41) is 4.23. The number of esters is 1. The van der Waals surface area contributed by atoms with E-state index in [1.165, 1.54) is 22.9 Å². The number of sulfonamides is 1. The number of methoxy groups -OCH3 is 1. The molecule has 0 saturated carbocycles. The Morgan fingerprint density at radius 1 is 1.48 bits per heavy atom. The number of halogens is 1. The zero-order valence-electron chi connectivity index (χ0n) is 13.8. The summed E-state index contributed by atoms with van der Waals surface area (Å²) in [4.78, 5) is 23.8. The van der Waals surface area contributed by atoms with Crippen LogP contribution in [0.1, 0.15) is 22.5 Å². The smallest absolute Gasteiger partial charge is 0.349 e. The third kappa shape index (κ3) is 4.91. The van der Waals surface area contributed by atoms with Gasteiger partial charge in [0.25, 0.3) is 0 Å². The van der Waals surface area contributed by atoms with Gasteiger partial charge in [-0.3, -0.25) is 4.79 Å². The Balaban J connectivity index is 0.00000312. The van der Waals surface area contributed by atoms with Crippen LogP contribution in [0.15, 0.2) is 16.3 Å². The van der Waals surface area contributed by atoms with Crippen molar-refractivity contribution in [2.45, 2.75) is 17.7 Å². The summed E-state index contributed by atoms with van der Waals surface area (Å²) in [5.74, 6) is -1.29. The fourth-order valence-corrected chi connectivity index (χ4v) is 5.43. The molecule has 2 heterocycles. The summed E-state index contributed by atoms with van der Waals surface area (Å²) in [6.45, 7) is 1.10. The van der Waals surface area contributed by atoms with Crippen LogP contribution < -0.4 is 11.1 Å². The highest BCUT2D eigenvalue weighted by atomic mass is 35.5. The van der Waals surface area contributed by atoms with Crippen LogP contribution in [0.2, 0.25) is 0 Å². The summed E-state index contributed by atoms with van der Waals surface area (Å²) in [7, 11) is -2.65. The molecule has 0 aliphatic carbocycles. The lowest BCUT2D eigenvalue weighted by Gasteiger charge is -2.31. The molecular weight excluding hydrogens is 390 g/mol. The standard InChI is InChI=1S/C14H21N3O5S2.ClH/c1-22-14(19)12-11(4-8-23-12)24(20,21)17-7-2-3-10(9-17)13(18)16-6-5-15;/h4,8,10H,2-3,5-7,9,15H2,1H3,(H,16,18);1H. The van der Waals surface area contributed by atoms with Gasteiger partial charge < -0.3 is 15.8 Å². The van der Waals surface area contributed by atoms with E-state index in [0.717, 1.165) is 11.3 Å². The molecule has 1 aliphatic rings. The molecule has 1 aromatic heterocycles. The molecule has 0 bridgehead atoms. The summed E-state index contributed by atoms with van der Waals surface area (Å²) < 4.78 is 31.6. The highest BCUT2D eigenvalue weighted by Crippen LogP contribution is 2.29. The summed E-state index contributed by atoms with van der Waals surface area (Å²) in [6.07, 6.45) is 1.20. The van der Waals surface area contributed by atoms with E-state index in [-0.39, 0.29) is 34.6 Å². The van der Waals surface area contributed by atoms with Crippen LogP contribution >= 0.6 is 23.7 Å². The second kappa shape index (κ2) is 9.48. The van der Waals surface area contributed by atoms with Crippen molar-refractivity contribution in [3.05, 3.63) is 16.3 Å². The topological polar surface area (TPSA) is 119 Å². The van der Waals surface area contributed by atoms with Crippen LogP contribution in [0.4, 0.5) is 0 Å². The maximum atomic E-state index is 12.8. The van der Waals surface area contributed by atoms with Gasteiger partial charge in [0.15, 0.2) is 0 Å². The van der Waals surface area contributed by atoms with Crippen molar-refractivity contribution >= 4 is 45.6 Å². The third-order valence-corrected chi connectivity index (χ3v) is 6.75. The molecule has 11 heteroatoms. The van der Waals surface area contributed by atoms with Crippen molar-refractivity contribution in [2.24, 2.45) is 11.7 Å². The summed E-state index contributed by atoms with van der Waals surface area (Å²) >= 11 is 1.02. The molecule has 1 unspecified atom stereocenters. The predicted octanol–water partition coefficient (Wildman–Crippen LogP) is 0.432. The molecule has 25 heavy (non-hydrogen) atoms. The van der Waals surface area contributed by atoms with Gasteiger partial charge in [-0.2, -0.15) is 4.31 Å². The number of carbonyl (C=O) groups is 2. The Bertz CT molecular complexity index is 707. The van der Waals surface area contributed by atoms with Crippen molar-refractivity contribution in [3.63, 3.8) is 0 Å². The van der Waals surface area contributed by atoms with Gasteiger partial charge in [-0.25, -0.2) is 13.2 Å². The summed E-state index contributed by atoms with van der Waals surface area (Å²) in [5.41, 5.74) is 5.36. The number of thiophene rings is 1. The minimum atomic E-state index is -3.85. The average molecular weight is 412 g/mol. The fraction of sp³-hybridized carbons (Fsp3) is 0.571. The lowest BCUT2D eigenvalue weighted by atomic mass is 9.99. The number of carbonyl (C=O) groups excluding carboxylic acids is 2.